The summed E-state index contributed by atoms with van der Waals surface area (Å²) in [6, 6.07) is 12.3. The molecule has 2 saturated heterocycles. The molecule has 6 N–H and O–H groups in total. The molecule has 8 rings (SSSR count). The van der Waals surface area contributed by atoms with Gasteiger partial charge in [-0.2, -0.15) is 0 Å². The van der Waals surface area contributed by atoms with Crippen LogP contribution in [0.25, 0.3) is 55.9 Å². The van der Waals surface area contributed by atoms with Crippen LogP contribution in [0.1, 0.15) is 90.0 Å². The second-order valence-corrected chi connectivity index (χ2v) is 15.6. The van der Waals surface area contributed by atoms with Crippen molar-refractivity contribution >= 4 is 57.4 Å². The molecule has 2 fully saturated rings. The second-order valence-electron chi connectivity index (χ2n) is 15.6. The van der Waals surface area contributed by atoms with Crippen molar-refractivity contribution in [1.29, 1.82) is 0 Å². The summed E-state index contributed by atoms with van der Waals surface area (Å²) in [4.78, 5) is 83.6. The highest BCUT2D eigenvalue weighted by atomic mass is 16.5. The molecule has 2 aliphatic heterocycles. The average molecular weight is 821 g/mol. The molecule has 0 spiro atoms. The van der Waals surface area contributed by atoms with Gasteiger partial charge in [0.05, 0.1) is 50.1 Å². The van der Waals surface area contributed by atoms with Gasteiger partial charge in [-0.3, -0.25) is 9.59 Å². The Bertz CT molecular complexity index is 2330. The van der Waals surface area contributed by atoms with E-state index in [2.05, 4.69) is 92.8 Å². The molecule has 0 bridgehead atoms. The van der Waals surface area contributed by atoms with Crippen LogP contribution in [0.15, 0.2) is 48.8 Å². The van der Waals surface area contributed by atoms with Gasteiger partial charge in [-0.25, -0.2) is 39.5 Å². The lowest BCUT2D eigenvalue weighted by Gasteiger charge is -2.23. The van der Waals surface area contributed by atoms with E-state index in [1.54, 1.807) is 12.4 Å². The summed E-state index contributed by atoms with van der Waals surface area (Å²) >= 11 is 0. The van der Waals surface area contributed by atoms with Crippen molar-refractivity contribution in [1.82, 2.24) is 49.7 Å². The molecule has 316 valence electrons. The van der Waals surface area contributed by atoms with Crippen molar-refractivity contribution in [2.24, 2.45) is 23.3 Å². The van der Waals surface area contributed by atoms with E-state index in [0.717, 1.165) is 83.7 Å². The van der Waals surface area contributed by atoms with Gasteiger partial charge in [-0.05, 0) is 60.4 Å². The van der Waals surface area contributed by atoms with E-state index in [1.165, 1.54) is 14.2 Å². The number of ether oxygens (including phenoxy) is 2. The van der Waals surface area contributed by atoms with E-state index in [9.17, 15) is 19.2 Å². The maximum Gasteiger partial charge on any atom is 0.404 e. The lowest BCUT2D eigenvalue weighted by Crippen LogP contribution is -2.31. The minimum Gasteiger partial charge on any atom is -0.453 e. The number of primary amides is 2. The molecule has 2 aliphatic rings. The van der Waals surface area contributed by atoms with Crippen molar-refractivity contribution in [2.75, 3.05) is 27.3 Å². The van der Waals surface area contributed by atoms with Gasteiger partial charge in [-0.1, -0.05) is 52.0 Å². The molecule has 2 atom stereocenters. The highest BCUT2D eigenvalue weighted by molar-refractivity contribution is 5.90. The fourth-order valence-electron chi connectivity index (χ4n) is 7.41. The summed E-state index contributed by atoms with van der Waals surface area (Å²) in [6.45, 7) is 9.79. The zero-order valence-electron chi connectivity index (χ0n) is 34.8. The van der Waals surface area contributed by atoms with Crippen LogP contribution in [0.5, 0.6) is 0 Å². The first kappa shape index (κ1) is 42.9. The Kier molecular flexibility index (Phi) is 13.5. The van der Waals surface area contributed by atoms with Gasteiger partial charge >= 0.3 is 12.2 Å². The quantitative estimate of drug-likeness (QED) is 0.131. The molecule has 0 saturated carbocycles. The molecule has 0 radical (unpaired) electrons. The number of methoxy groups -OCH3 is 2. The van der Waals surface area contributed by atoms with Gasteiger partial charge in [0, 0.05) is 37.1 Å². The Hall–Kier alpha value is -6.72. The Morgan fingerprint density at radius 2 is 1.05 bits per heavy atom. The van der Waals surface area contributed by atoms with Crippen LogP contribution in [-0.2, 0) is 19.1 Å². The molecule has 18 heteroatoms. The third-order valence-electron chi connectivity index (χ3n) is 10.2. The number of amides is 4. The van der Waals surface area contributed by atoms with Gasteiger partial charge in [0.25, 0.3) is 0 Å². The summed E-state index contributed by atoms with van der Waals surface area (Å²) < 4.78 is 7.78. The van der Waals surface area contributed by atoms with Crippen molar-refractivity contribution in [2.45, 2.75) is 78.3 Å². The first-order chi connectivity index (χ1) is 28.7. The van der Waals surface area contributed by atoms with Crippen LogP contribution < -0.4 is 11.5 Å². The molecule has 4 aromatic heterocycles. The predicted molar refractivity (Wildman–Crippen MR) is 225 cm³/mol. The Morgan fingerprint density at radius 3 is 1.40 bits per heavy atom. The monoisotopic (exact) mass is 820 g/mol. The standard InChI is InChI=1S/C38H42N10O2.2C2H5NO2/c1-21(2)15-31(49)47-13-5-7-29(47)33-43-35-37(45-33)41-27(19-39-35)25-11-9-24-18-26(12-10-23(24)17-25)28-20-40-36-38(42-28)46-34(44-36)30-8-6-14-48(30)32(50)16-22(3)4;2*1-5-2(3)4/h9-12,17-22,29-30H,5-8,13-16H2,1-4H3,(H,39,41,43,45)(H,40,42,44,46);2*1H3,(H2,3,4). The van der Waals surface area contributed by atoms with Crippen LogP contribution in [0.2, 0.25) is 0 Å². The highest BCUT2D eigenvalue weighted by Gasteiger charge is 2.34. The number of aromatic nitrogens is 8. The van der Waals surface area contributed by atoms with Gasteiger partial charge in [0.2, 0.25) is 11.8 Å². The van der Waals surface area contributed by atoms with Crippen molar-refractivity contribution < 1.29 is 28.7 Å². The molecule has 6 heterocycles. The highest BCUT2D eigenvalue weighted by Crippen LogP contribution is 2.34. The number of aromatic amines is 2. The van der Waals surface area contributed by atoms with Crippen LogP contribution in [0.3, 0.4) is 0 Å². The fourth-order valence-corrected chi connectivity index (χ4v) is 7.41. The molecular weight excluding hydrogens is 769 g/mol. The van der Waals surface area contributed by atoms with E-state index in [4.69, 9.17) is 19.9 Å². The van der Waals surface area contributed by atoms with Crippen molar-refractivity contribution in [3.63, 3.8) is 0 Å². The van der Waals surface area contributed by atoms with Gasteiger partial charge < -0.3 is 40.7 Å². The number of likely N-dealkylation sites (tertiary alicyclic amines) is 2. The van der Waals surface area contributed by atoms with Crippen LogP contribution in [0, 0.1) is 11.8 Å². The predicted octanol–water partition coefficient (Wildman–Crippen LogP) is 6.35. The third-order valence-corrected chi connectivity index (χ3v) is 10.2. The summed E-state index contributed by atoms with van der Waals surface area (Å²) in [5, 5.41) is 2.13. The number of H-pyrrole nitrogens is 2. The van der Waals surface area contributed by atoms with E-state index in [1.807, 2.05) is 21.9 Å². The Balaban J connectivity index is 0.000000543. The molecular formula is C42H52N12O6. The van der Waals surface area contributed by atoms with E-state index in [0.29, 0.717) is 47.3 Å². The van der Waals surface area contributed by atoms with E-state index >= 15 is 0 Å². The lowest BCUT2D eigenvalue weighted by molar-refractivity contribution is -0.133. The number of imidazole rings is 2. The van der Waals surface area contributed by atoms with Crippen molar-refractivity contribution in [3.05, 3.63) is 60.4 Å². The number of carbonyl (C=O) groups excluding carboxylic acids is 4. The molecule has 6 aromatic rings. The number of nitrogens with zero attached hydrogens (tertiary/aromatic N) is 8. The van der Waals surface area contributed by atoms with Crippen LogP contribution in [0.4, 0.5) is 9.59 Å². The van der Waals surface area contributed by atoms with Gasteiger partial charge in [0.1, 0.15) is 11.6 Å². The molecule has 2 unspecified atom stereocenters. The molecule has 60 heavy (non-hydrogen) atoms. The first-order valence-electron chi connectivity index (χ1n) is 20.0. The molecule has 0 aliphatic carbocycles. The minimum atomic E-state index is -0.745. The number of nitrogens with one attached hydrogen (secondary N) is 2. The zero-order chi connectivity index (χ0) is 43.1. The topological polar surface area (TPSA) is 254 Å². The van der Waals surface area contributed by atoms with Crippen LogP contribution >= 0.6 is 0 Å². The second kappa shape index (κ2) is 18.9. The summed E-state index contributed by atoms with van der Waals surface area (Å²) in [7, 11) is 2.45. The lowest BCUT2D eigenvalue weighted by atomic mass is 10.0. The summed E-state index contributed by atoms with van der Waals surface area (Å²) in [5.41, 5.74) is 14.6. The largest absolute Gasteiger partial charge is 0.453 e. The number of hydrogen-bond acceptors (Lipinski definition) is 12. The maximum atomic E-state index is 12.9. The van der Waals surface area contributed by atoms with E-state index < -0.39 is 12.2 Å². The number of fused-ring (bicyclic) bond motifs is 3. The van der Waals surface area contributed by atoms with Gasteiger partial charge in [-0.15, -0.1) is 0 Å². The summed E-state index contributed by atoms with van der Waals surface area (Å²) in [6.07, 6.45) is 6.78. The number of benzene rings is 2. The number of rotatable bonds is 8. The van der Waals surface area contributed by atoms with E-state index in [-0.39, 0.29) is 23.9 Å². The van der Waals surface area contributed by atoms with Crippen LogP contribution in [-0.4, -0.2) is 101 Å². The number of hydrogen-bond donors (Lipinski definition) is 4. The SMILES string of the molecule is CC(C)CC(=O)N1CCCC1c1nc2ncc(-c3ccc4cc(-c5cnc6nc(C7CCCN7C(=O)CC(C)C)[nH]c6n5)ccc4c3)nc2[nH]1.COC(N)=O.COC(N)=O. The smallest absolute Gasteiger partial charge is 0.404 e. The number of nitrogens with two attached hydrogens (primary N) is 2. The molecule has 4 amide bonds. The van der Waals surface area contributed by atoms with Crippen molar-refractivity contribution in [3.8, 4) is 22.5 Å². The summed E-state index contributed by atoms with van der Waals surface area (Å²) in [5.74, 6) is 2.48. The zero-order valence-corrected chi connectivity index (χ0v) is 34.8. The Morgan fingerprint density at radius 1 is 0.667 bits per heavy atom. The molecule has 18 nitrogen and oxygen atoms in total. The maximum absolute atomic E-state index is 12.9. The average Bonchev–Trinajstić information content (AvgIpc) is 4.05. The Labute approximate surface area is 346 Å². The fraction of sp³-hybridized carbons (Fsp3) is 0.429. The number of carbonyl (C=O) groups is 4. The minimum absolute atomic E-state index is 0.0702. The first-order valence-corrected chi connectivity index (χ1v) is 20.0. The third kappa shape index (κ3) is 10.1. The van der Waals surface area contributed by atoms with Gasteiger partial charge in [0.15, 0.2) is 22.6 Å². The normalized spacial score (nSPS) is 16.2. The molecule has 2 aromatic carbocycles.